The number of carbonyl (C=O) groups excluding carboxylic acids is 2. The van der Waals surface area contributed by atoms with Crippen LogP contribution in [0.25, 0.3) is 11.5 Å². The first kappa shape index (κ1) is 22.0. The minimum Gasteiger partial charge on any atom is -0.494 e. The molecule has 2 aromatic carbocycles. The first-order valence-electron chi connectivity index (χ1n) is 10.6. The van der Waals surface area contributed by atoms with Crippen LogP contribution in [0.4, 0.5) is 0 Å². The lowest BCUT2D eigenvalue weighted by atomic mass is 10.1. The van der Waals surface area contributed by atoms with Gasteiger partial charge in [-0.05, 0) is 62.6 Å². The van der Waals surface area contributed by atoms with Crippen LogP contribution in [0.1, 0.15) is 48.9 Å². The number of amides is 1. The Morgan fingerprint density at radius 3 is 2.56 bits per heavy atom. The molecule has 7 nitrogen and oxygen atoms in total. The van der Waals surface area contributed by atoms with Gasteiger partial charge in [0, 0.05) is 18.0 Å². The Labute approximate surface area is 191 Å². The van der Waals surface area contributed by atoms with E-state index < -0.39 is 0 Å². The number of halogens is 1. The zero-order valence-electron chi connectivity index (χ0n) is 17.8. The van der Waals surface area contributed by atoms with E-state index in [0.29, 0.717) is 53.1 Å². The van der Waals surface area contributed by atoms with Gasteiger partial charge in [0.1, 0.15) is 5.75 Å². The third kappa shape index (κ3) is 5.53. The number of carbonyl (C=O) groups is 2. The maximum absolute atomic E-state index is 12.8. The van der Waals surface area contributed by atoms with Crippen molar-refractivity contribution in [2.24, 2.45) is 0 Å². The second-order valence-electron chi connectivity index (χ2n) is 7.77. The van der Waals surface area contributed by atoms with Crippen LogP contribution in [-0.2, 0) is 11.3 Å². The highest BCUT2D eigenvalue weighted by molar-refractivity contribution is 6.33. The number of ether oxygens (including phenoxy) is 1. The summed E-state index contributed by atoms with van der Waals surface area (Å²) in [5.41, 5.74) is 1.32. The Morgan fingerprint density at radius 2 is 1.88 bits per heavy atom. The zero-order valence-corrected chi connectivity index (χ0v) is 18.5. The van der Waals surface area contributed by atoms with E-state index in [-0.39, 0.29) is 24.3 Å². The molecule has 1 aliphatic carbocycles. The number of benzene rings is 2. The fraction of sp³-hybridized carbons (Fsp3) is 0.333. The first-order chi connectivity index (χ1) is 15.5. The molecule has 3 aromatic rings. The normalized spacial score (nSPS) is 13.1. The van der Waals surface area contributed by atoms with Crippen LogP contribution < -0.4 is 4.74 Å². The lowest BCUT2D eigenvalue weighted by Crippen LogP contribution is -2.32. The van der Waals surface area contributed by atoms with E-state index in [9.17, 15) is 9.59 Å². The molecule has 0 saturated heterocycles. The molecule has 1 saturated carbocycles. The van der Waals surface area contributed by atoms with Crippen molar-refractivity contribution in [1.29, 1.82) is 0 Å². The Balaban J connectivity index is 1.29. The predicted octanol–water partition coefficient (Wildman–Crippen LogP) is 4.94. The summed E-state index contributed by atoms with van der Waals surface area (Å²) < 4.78 is 11.5. The molecule has 0 bridgehead atoms. The van der Waals surface area contributed by atoms with Gasteiger partial charge in [-0.15, -0.1) is 10.2 Å². The van der Waals surface area contributed by atoms with Crippen molar-refractivity contribution in [3.8, 4) is 17.2 Å². The summed E-state index contributed by atoms with van der Waals surface area (Å²) in [4.78, 5) is 26.0. The summed E-state index contributed by atoms with van der Waals surface area (Å²) in [7, 11) is 0. The minimum atomic E-state index is 0.0162. The molecule has 4 rings (SSSR count). The standard InChI is InChI=1S/C24H24ClN3O4/c1-16(29)17-8-12-19(13-9-17)31-14-4-7-23(30)28(18-10-11-18)15-22-26-27-24(32-22)20-5-2-3-6-21(20)25/h2-3,5-6,8-9,12-13,18H,4,7,10-11,14-15H2,1H3. The molecule has 1 amide bonds. The van der Waals surface area contributed by atoms with Gasteiger partial charge in [-0.25, -0.2) is 0 Å². The van der Waals surface area contributed by atoms with Gasteiger partial charge in [-0.2, -0.15) is 0 Å². The van der Waals surface area contributed by atoms with E-state index in [1.807, 2.05) is 23.1 Å². The molecule has 0 atom stereocenters. The predicted molar refractivity (Wildman–Crippen MR) is 119 cm³/mol. The number of hydrogen-bond acceptors (Lipinski definition) is 6. The van der Waals surface area contributed by atoms with Gasteiger partial charge in [0.05, 0.1) is 23.7 Å². The van der Waals surface area contributed by atoms with E-state index in [1.165, 1.54) is 6.92 Å². The average Bonchev–Trinajstić information content (AvgIpc) is 3.53. The fourth-order valence-electron chi connectivity index (χ4n) is 3.36. The summed E-state index contributed by atoms with van der Waals surface area (Å²) in [5, 5.41) is 8.72. The third-order valence-electron chi connectivity index (χ3n) is 5.25. The van der Waals surface area contributed by atoms with E-state index in [0.717, 1.165) is 12.8 Å². The van der Waals surface area contributed by atoms with E-state index in [2.05, 4.69) is 10.2 Å². The number of rotatable bonds is 10. The summed E-state index contributed by atoms with van der Waals surface area (Å²) in [5.74, 6) is 1.47. The number of aromatic nitrogens is 2. The molecule has 166 valence electrons. The molecule has 32 heavy (non-hydrogen) atoms. The largest absolute Gasteiger partial charge is 0.494 e. The third-order valence-corrected chi connectivity index (χ3v) is 5.58. The molecule has 0 radical (unpaired) electrons. The zero-order chi connectivity index (χ0) is 22.5. The van der Waals surface area contributed by atoms with E-state index in [4.69, 9.17) is 20.8 Å². The molecule has 0 N–H and O–H groups in total. The van der Waals surface area contributed by atoms with Crippen LogP contribution in [0.5, 0.6) is 5.75 Å². The van der Waals surface area contributed by atoms with Crippen LogP contribution in [-0.4, -0.2) is 39.4 Å². The molecule has 0 spiro atoms. The quantitative estimate of drug-likeness (QED) is 0.319. The molecule has 1 aromatic heterocycles. The van der Waals surface area contributed by atoms with Crippen molar-refractivity contribution >= 4 is 23.3 Å². The molecule has 1 fully saturated rings. The van der Waals surface area contributed by atoms with Crippen LogP contribution >= 0.6 is 11.6 Å². The van der Waals surface area contributed by atoms with E-state index in [1.54, 1.807) is 30.3 Å². The molecule has 0 aliphatic heterocycles. The topological polar surface area (TPSA) is 85.5 Å². The average molecular weight is 454 g/mol. The summed E-state index contributed by atoms with van der Waals surface area (Å²) in [6, 6.07) is 14.5. The van der Waals surface area contributed by atoms with Gasteiger partial charge in [-0.1, -0.05) is 23.7 Å². The van der Waals surface area contributed by atoms with Crippen molar-refractivity contribution in [1.82, 2.24) is 15.1 Å². The molecular weight excluding hydrogens is 430 g/mol. The molecule has 0 unspecified atom stereocenters. The maximum Gasteiger partial charge on any atom is 0.249 e. The number of nitrogens with zero attached hydrogens (tertiary/aromatic N) is 3. The Hall–Kier alpha value is -3.19. The van der Waals surface area contributed by atoms with Gasteiger partial charge in [-0.3, -0.25) is 9.59 Å². The fourth-order valence-corrected chi connectivity index (χ4v) is 3.57. The lowest BCUT2D eigenvalue weighted by Gasteiger charge is -2.20. The first-order valence-corrected chi connectivity index (χ1v) is 11.0. The second kappa shape index (κ2) is 9.96. The molecule has 1 heterocycles. The van der Waals surface area contributed by atoms with Crippen LogP contribution in [0.2, 0.25) is 5.02 Å². The second-order valence-corrected chi connectivity index (χ2v) is 8.17. The minimum absolute atomic E-state index is 0.0162. The van der Waals surface area contributed by atoms with Crippen LogP contribution in [0, 0.1) is 0 Å². The Morgan fingerprint density at radius 1 is 1.12 bits per heavy atom. The summed E-state index contributed by atoms with van der Waals surface area (Å²) >= 11 is 6.20. The van der Waals surface area contributed by atoms with Crippen molar-refractivity contribution in [2.75, 3.05) is 6.61 Å². The molecular formula is C24H24ClN3O4. The smallest absolute Gasteiger partial charge is 0.249 e. The maximum atomic E-state index is 12.8. The van der Waals surface area contributed by atoms with E-state index >= 15 is 0 Å². The van der Waals surface area contributed by atoms with Crippen molar-refractivity contribution in [3.63, 3.8) is 0 Å². The number of hydrogen-bond donors (Lipinski definition) is 0. The van der Waals surface area contributed by atoms with Crippen molar-refractivity contribution in [2.45, 2.75) is 45.2 Å². The highest BCUT2D eigenvalue weighted by Gasteiger charge is 2.33. The molecule has 1 aliphatic rings. The van der Waals surface area contributed by atoms with Gasteiger partial charge in [0.15, 0.2) is 5.78 Å². The van der Waals surface area contributed by atoms with Gasteiger partial charge < -0.3 is 14.1 Å². The number of ketones is 1. The molecule has 8 heteroatoms. The van der Waals surface area contributed by atoms with Gasteiger partial charge >= 0.3 is 0 Å². The van der Waals surface area contributed by atoms with Crippen LogP contribution in [0.15, 0.2) is 52.9 Å². The highest BCUT2D eigenvalue weighted by atomic mass is 35.5. The Bertz CT molecular complexity index is 1090. The lowest BCUT2D eigenvalue weighted by molar-refractivity contribution is -0.133. The Kier molecular flexibility index (Phi) is 6.85. The SMILES string of the molecule is CC(=O)c1ccc(OCCCC(=O)N(Cc2nnc(-c3ccccc3Cl)o2)C2CC2)cc1. The van der Waals surface area contributed by atoms with Gasteiger partial charge in [0.25, 0.3) is 0 Å². The van der Waals surface area contributed by atoms with Crippen molar-refractivity contribution in [3.05, 3.63) is 65.0 Å². The summed E-state index contributed by atoms with van der Waals surface area (Å²) in [6.07, 6.45) is 2.92. The van der Waals surface area contributed by atoms with Crippen molar-refractivity contribution < 1.29 is 18.7 Å². The summed E-state index contributed by atoms with van der Waals surface area (Å²) in [6.45, 7) is 2.23. The highest BCUT2D eigenvalue weighted by Crippen LogP contribution is 2.30. The monoisotopic (exact) mass is 453 g/mol. The number of Topliss-reactive ketones (excluding diaryl/α,β-unsaturated/α-hetero) is 1. The van der Waals surface area contributed by atoms with Gasteiger partial charge in [0.2, 0.25) is 17.7 Å². The van der Waals surface area contributed by atoms with Crippen LogP contribution in [0.3, 0.4) is 0 Å².